The number of nitrogens with zero attached hydrogens (tertiary/aromatic N) is 1. The molecule has 0 aromatic heterocycles. The first kappa shape index (κ1) is 26.0. The second-order valence-electron chi connectivity index (χ2n) is 10.4. The topological polar surface area (TPSA) is 38.8 Å². The van der Waals surface area contributed by atoms with Crippen molar-refractivity contribution in [3.8, 4) is 0 Å². The first-order valence-electron chi connectivity index (χ1n) is 11.5. The molecule has 0 fully saturated rings. The molecule has 0 aliphatic rings. The van der Waals surface area contributed by atoms with Crippen LogP contribution in [-0.2, 0) is 14.7 Å². The van der Waals surface area contributed by atoms with Crippen molar-refractivity contribution < 1.29 is 13.0 Å². The molecule has 31 heavy (non-hydrogen) atoms. The van der Waals surface area contributed by atoms with Crippen LogP contribution in [-0.4, -0.2) is 49.1 Å². The Morgan fingerprint density at radius 2 is 1.45 bits per heavy atom. The van der Waals surface area contributed by atoms with Crippen molar-refractivity contribution in [2.75, 3.05) is 13.1 Å². The lowest BCUT2D eigenvalue weighted by atomic mass is 10.0. The molecular weight excluding hydrogens is 435 g/mol. The van der Waals surface area contributed by atoms with Gasteiger partial charge in [0, 0.05) is 18.7 Å². The van der Waals surface area contributed by atoms with Crippen molar-refractivity contribution in [3.05, 3.63) is 47.5 Å². The highest BCUT2D eigenvalue weighted by Gasteiger charge is 2.39. The third-order valence-electron chi connectivity index (χ3n) is 5.14. The lowest BCUT2D eigenvalue weighted by Crippen LogP contribution is -2.52. The van der Waals surface area contributed by atoms with Gasteiger partial charge < -0.3 is 13.1 Å². The van der Waals surface area contributed by atoms with Crippen LogP contribution in [0.1, 0.15) is 29.8 Å². The summed E-state index contributed by atoms with van der Waals surface area (Å²) in [5, 5.41) is 2.15. The van der Waals surface area contributed by atoms with Crippen LogP contribution in [0.2, 0.25) is 51.9 Å². The van der Waals surface area contributed by atoms with Gasteiger partial charge in [0.05, 0.1) is 0 Å². The van der Waals surface area contributed by atoms with Crippen LogP contribution < -0.4 is 0 Å². The lowest BCUT2D eigenvalue weighted by molar-refractivity contribution is 0.0775. The molecule has 0 atom stereocenters. The van der Waals surface area contributed by atoms with E-state index in [4.69, 9.17) is 8.23 Å². The fraction of sp³-hybridized carbons (Fsp3) is 0.542. The van der Waals surface area contributed by atoms with E-state index in [0.717, 1.165) is 41.9 Å². The Labute approximate surface area is 192 Å². The van der Waals surface area contributed by atoms with Gasteiger partial charge in [-0.1, -0.05) is 30.3 Å². The monoisotopic (exact) mass is 475 g/mol. The van der Waals surface area contributed by atoms with Crippen LogP contribution >= 0.6 is 0 Å². The van der Waals surface area contributed by atoms with Crippen LogP contribution in [0.25, 0.3) is 10.8 Å². The Morgan fingerprint density at radius 3 is 1.97 bits per heavy atom. The van der Waals surface area contributed by atoms with E-state index in [1.165, 1.54) is 5.56 Å². The van der Waals surface area contributed by atoms with Gasteiger partial charge in [0.25, 0.3) is 5.91 Å². The zero-order valence-electron chi connectivity index (χ0n) is 21.0. The molecule has 2 aromatic carbocycles. The molecule has 4 nitrogen and oxygen atoms in total. The van der Waals surface area contributed by atoms with Crippen molar-refractivity contribution >= 4 is 41.9 Å². The van der Waals surface area contributed by atoms with Gasteiger partial charge in [0.1, 0.15) is 0 Å². The minimum atomic E-state index is -2.26. The van der Waals surface area contributed by atoms with Crippen molar-refractivity contribution in [3.63, 3.8) is 0 Å². The average molecular weight is 476 g/mol. The second kappa shape index (κ2) is 10.1. The van der Waals surface area contributed by atoms with Crippen molar-refractivity contribution in [1.82, 2.24) is 4.90 Å². The fourth-order valence-corrected chi connectivity index (χ4v) is 16.6. The van der Waals surface area contributed by atoms with E-state index >= 15 is 0 Å². The van der Waals surface area contributed by atoms with E-state index in [1.54, 1.807) is 0 Å². The summed E-state index contributed by atoms with van der Waals surface area (Å²) in [6.45, 7) is 21.2. The van der Waals surface area contributed by atoms with Gasteiger partial charge in [0.2, 0.25) is 0 Å². The van der Waals surface area contributed by atoms with E-state index in [1.807, 2.05) is 30.9 Å². The molecule has 172 valence electrons. The first-order valence-corrected chi connectivity index (χ1v) is 20.8. The molecule has 0 aliphatic carbocycles. The van der Waals surface area contributed by atoms with Crippen LogP contribution in [0.3, 0.4) is 0 Å². The fourth-order valence-electron chi connectivity index (χ4n) is 4.15. The largest absolute Gasteiger partial charge is 0.437 e. The molecule has 0 saturated carbocycles. The Morgan fingerprint density at radius 1 is 0.871 bits per heavy atom. The number of aryl methyl sites for hydroxylation is 1. The van der Waals surface area contributed by atoms with Gasteiger partial charge in [-0.15, -0.1) is 0 Å². The van der Waals surface area contributed by atoms with Crippen LogP contribution in [0.15, 0.2) is 36.4 Å². The van der Waals surface area contributed by atoms with Gasteiger partial charge in [-0.3, -0.25) is 4.79 Å². The molecule has 0 radical (unpaired) electrons. The molecule has 0 spiro atoms. The van der Waals surface area contributed by atoms with E-state index in [-0.39, 0.29) is 5.91 Å². The maximum atomic E-state index is 12.9. The number of carbonyl (C=O) groups excluding carboxylic acids is 1. The van der Waals surface area contributed by atoms with Crippen LogP contribution in [0.4, 0.5) is 0 Å². The highest BCUT2D eigenvalue weighted by Crippen LogP contribution is 2.28. The zero-order chi connectivity index (χ0) is 23.4. The number of benzene rings is 2. The summed E-state index contributed by atoms with van der Waals surface area (Å²) in [5.41, 5.74) is 2.06. The predicted octanol–water partition coefficient (Wildman–Crippen LogP) is 6.64. The Kier molecular flexibility index (Phi) is 8.49. The number of hydrogen-bond acceptors (Lipinski definition) is 3. The molecule has 0 bridgehead atoms. The van der Waals surface area contributed by atoms with Gasteiger partial charge in [0.15, 0.2) is 16.6 Å². The molecule has 0 aliphatic heterocycles. The van der Waals surface area contributed by atoms with Gasteiger partial charge >= 0.3 is 8.56 Å². The second-order valence-corrected chi connectivity index (χ2v) is 23.3. The minimum Gasteiger partial charge on any atom is -0.437 e. The summed E-state index contributed by atoms with van der Waals surface area (Å²) >= 11 is 0. The standard InChI is InChI=1S/C24H41NO3Si3/c1-10-25(11-2)24(26)23-14-12-13-21-19-20(15-16-22(21)23)17-18-31(9,27-29(3,4)5)28-30(6,7)8/h12-16,19H,10-11,17-18H2,1-9H3. The number of hydrogen-bond donors (Lipinski definition) is 0. The van der Waals surface area contributed by atoms with E-state index < -0.39 is 25.2 Å². The van der Waals surface area contributed by atoms with E-state index in [2.05, 4.69) is 70.1 Å². The molecule has 0 heterocycles. The number of carbonyl (C=O) groups is 1. The lowest BCUT2D eigenvalue weighted by Gasteiger charge is -2.38. The Balaban J connectivity index is 2.28. The van der Waals surface area contributed by atoms with Gasteiger partial charge in [-0.25, -0.2) is 0 Å². The molecule has 1 amide bonds. The highest BCUT2D eigenvalue weighted by atomic mass is 28.5. The highest BCUT2D eigenvalue weighted by molar-refractivity contribution is 6.87. The third-order valence-corrected chi connectivity index (χ3v) is 14.6. The summed E-state index contributed by atoms with van der Waals surface area (Å²) in [7, 11) is -5.65. The average Bonchev–Trinajstić information content (AvgIpc) is 2.63. The normalized spacial score (nSPS) is 12.9. The molecule has 0 unspecified atom stereocenters. The maximum absolute atomic E-state index is 12.9. The minimum absolute atomic E-state index is 0.107. The van der Waals surface area contributed by atoms with E-state index in [0.29, 0.717) is 0 Å². The molecule has 0 N–H and O–H groups in total. The zero-order valence-corrected chi connectivity index (χ0v) is 24.0. The predicted molar refractivity (Wildman–Crippen MR) is 140 cm³/mol. The third kappa shape index (κ3) is 7.68. The molecule has 7 heteroatoms. The SMILES string of the molecule is CCN(CC)C(=O)c1cccc2cc(CC[Si](C)(O[Si](C)(C)C)O[Si](C)(C)C)ccc12. The first-order chi connectivity index (χ1) is 14.3. The number of fused-ring (bicyclic) bond motifs is 1. The smallest absolute Gasteiger partial charge is 0.314 e. The van der Waals surface area contributed by atoms with Crippen LogP contribution in [0.5, 0.6) is 0 Å². The van der Waals surface area contributed by atoms with Crippen molar-refractivity contribution in [2.45, 2.75) is 72.1 Å². The van der Waals surface area contributed by atoms with Gasteiger partial charge in [-0.2, -0.15) is 0 Å². The summed E-state index contributed by atoms with van der Waals surface area (Å²) in [6.07, 6.45) is 0.932. The van der Waals surface area contributed by atoms with Crippen LogP contribution in [0, 0.1) is 0 Å². The molecule has 2 rings (SSSR count). The summed E-state index contributed by atoms with van der Waals surface area (Å²) in [4.78, 5) is 14.8. The quantitative estimate of drug-likeness (QED) is 0.362. The molecule has 2 aromatic rings. The van der Waals surface area contributed by atoms with Crippen molar-refractivity contribution in [2.24, 2.45) is 0 Å². The van der Waals surface area contributed by atoms with Crippen molar-refractivity contribution in [1.29, 1.82) is 0 Å². The summed E-state index contributed by atoms with van der Waals surface area (Å²) < 4.78 is 13.3. The molecule has 0 saturated heterocycles. The number of amides is 1. The Bertz CT molecular complexity index is 883. The molecular formula is C24H41NO3Si3. The summed E-state index contributed by atoms with van der Waals surface area (Å²) in [6, 6.07) is 13.5. The van der Waals surface area contributed by atoms with Gasteiger partial charge in [-0.05, 0) is 94.5 Å². The summed E-state index contributed by atoms with van der Waals surface area (Å²) in [5.74, 6) is 0.107. The maximum Gasteiger partial charge on any atom is 0.314 e. The number of rotatable bonds is 10. The van der Waals surface area contributed by atoms with E-state index in [9.17, 15) is 4.79 Å². The Hall–Kier alpha value is -1.26.